The van der Waals surface area contributed by atoms with Crippen LogP contribution in [0.3, 0.4) is 0 Å². The van der Waals surface area contributed by atoms with Crippen molar-refractivity contribution in [3.8, 4) is 11.4 Å². The molecular weight excluding hydrogens is 345 g/mol. The molecule has 0 bridgehead atoms. The summed E-state index contributed by atoms with van der Waals surface area (Å²) in [6.07, 6.45) is 0. The topological polar surface area (TPSA) is 72.7 Å². The number of nitrogens with zero attached hydrogens (tertiary/aromatic N) is 4. The van der Waals surface area contributed by atoms with Crippen molar-refractivity contribution in [2.24, 2.45) is 0 Å². The third kappa shape index (κ3) is 4.39. The van der Waals surface area contributed by atoms with Gasteiger partial charge in [0.25, 0.3) is 0 Å². The smallest absolute Gasteiger partial charge is 0.244 e. The Morgan fingerprint density at radius 2 is 2.04 bits per heavy atom. The van der Waals surface area contributed by atoms with Gasteiger partial charge in [0.05, 0.1) is 6.04 Å². The molecule has 3 aromatic rings. The van der Waals surface area contributed by atoms with Crippen LogP contribution >= 0.6 is 11.6 Å². The highest BCUT2D eigenvalue weighted by Crippen LogP contribution is 2.17. The first kappa shape index (κ1) is 17.0. The zero-order chi connectivity index (χ0) is 17.8. The number of tetrazole rings is 1. The molecule has 1 amide bonds. The van der Waals surface area contributed by atoms with Gasteiger partial charge in [-0.05, 0) is 54.1 Å². The molecule has 1 aromatic heterocycles. The fourth-order valence-corrected chi connectivity index (χ4v) is 2.50. The predicted molar refractivity (Wildman–Crippen MR) is 91.2 cm³/mol. The summed E-state index contributed by atoms with van der Waals surface area (Å²) < 4.78 is 12.9. The SMILES string of the molecule is C[C@H](NC(=O)Cn1nnc(-c2ccc(F)cc2)n1)c1cccc(Cl)c1. The van der Waals surface area contributed by atoms with Gasteiger partial charge in [0.15, 0.2) is 0 Å². The van der Waals surface area contributed by atoms with Gasteiger partial charge in [-0.15, -0.1) is 10.2 Å². The quantitative estimate of drug-likeness (QED) is 0.760. The summed E-state index contributed by atoms with van der Waals surface area (Å²) in [6, 6.07) is 12.8. The largest absolute Gasteiger partial charge is 0.348 e. The zero-order valence-corrected chi connectivity index (χ0v) is 14.1. The maximum Gasteiger partial charge on any atom is 0.244 e. The molecule has 1 N–H and O–H groups in total. The lowest BCUT2D eigenvalue weighted by Crippen LogP contribution is -2.30. The number of nitrogens with one attached hydrogen (secondary N) is 1. The summed E-state index contributed by atoms with van der Waals surface area (Å²) >= 11 is 5.96. The average molecular weight is 360 g/mol. The van der Waals surface area contributed by atoms with Gasteiger partial charge in [-0.2, -0.15) is 4.80 Å². The maximum absolute atomic E-state index is 12.9. The van der Waals surface area contributed by atoms with E-state index in [4.69, 9.17) is 11.6 Å². The second-order valence-electron chi connectivity index (χ2n) is 5.49. The van der Waals surface area contributed by atoms with E-state index in [2.05, 4.69) is 20.7 Å². The molecule has 0 saturated heterocycles. The molecule has 0 aliphatic heterocycles. The van der Waals surface area contributed by atoms with E-state index in [1.165, 1.54) is 16.9 Å². The van der Waals surface area contributed by atoms with E-state index in [1.807, 2.05) is 19.1 Å². The number of hydrogen-bond donors (Lipinski definition) is 1. The molecule has 0 fully saturated rings. The highest BCUT2D eigenvalue weighted by atomic mass is 35.5. The van der Waals surface area contributed by atoms with Crippen molar-refractivity contribution < 1.29 is 9.18 Å². The molecule has 8 heteroatoms. The first-order valence-corrected chi connectivity index (χ1v) is 7.97. The van der Waals surface area contributed by atoms with Crippen LogP contribution in [0.1, 0.15) is 18.5 Å². The monoisotopic (exact) mass is 359 g/mol. The van der Waals surface area contributed by atoms with Crippen LogP contribution in [0.4, 0.5) is 4.39 Å². The Balaban J connectivity index is 1.62. The number of rotatable bonds is 5. The molecule has 1 atom stereocenters. The molecule has 0 aliphatic carbocycles. The molecule has 0 aliphatic rings. The van der Waals surface area contributed by atoms with Crippen LogP contribution in [0, 0.1) is 5.82 Å². The number of hydrogen-bond acceptors (Lipinski definition) is 4. The average Bonchev–Trinajstić information content (AvgIpc) is 3.03. The Labute approximate surface area is 148 Å². The van der Waals surface area contributed by atoms with Crippen molar-refractivity contribution in [1.29, 1.82) is 0 Å². The normalized spacial score (nSPS) is 12.0. The van der Waals surface area contributed by atoms with Crippen molar-refractivity contribution in [2.75, 3.05) is 0 Å². The summed E-state index contributed by atoms with van der Waals surface area (Å²) in [6.45, 7) is 1.79. The second kappa shape index (κ2) is 7.40. The summed E-state index contributed by atoms with van der Waals surface area (Å²) in [4.78, 5) is 13.3. The molecular formula is C17H15ClFN5O. The minimum Gasteiger partial charge on any atom is -0.348 e. The summed E-state index contributed by atoms with van der Waals surface area (Å²) in [5, 5.41) is 15.3. The Hall–Kier alpha value is -2.80. The minimum atomic E-state index is -0.342. The van der Waals surface area contributed by atoms with E-state index >= 15 is 0 Å². The van der Waals surface area contributed by atoms with Crippen LogP contribution in [-0.4, -0.2) is 26.1 Å². The van der Waals surface area contributed by atoms with E-state index in [1.54, 1.807) is 24.3 Å². The standard InChI is InChI=1S/C17H15ClFN5O/c1-11(13-3-2-4-14(18)9-13)20-16(25)10-24-22-17(21-23-24)12-5-7-15(19)8-6-12/h2-9,11H,10H2,1H3,(H,20,25)/t11-/m0/s1. The number of amides is 1. The van der Waals surface area contributed by atoms with Gasteiger partial charge >= 0.3 is 0 Å². The fraction of sp³-hybridized carbons (Fsp3) is 0.176. The molecule has 0 saturated carbocycles. The third-order valence-corrected chi connectivity index (χ3v) is 3.80. The molecule has 3 rings (SSSR count). The van der Waals surface area contributed by atoms with E-state index in [9.17, 15) is 9.18 Å². The van der Waals surface area contributed by atoms with Crippen LogP contribution < -0.4 is 5.32 Å². The fourth-order valence-electron chi connectivity index (χ4n) is 2.30. The van der Waals surface area contributed by atoms with E-state index in [0.717, 1.165) is 5.56 Å². The van der Waals surface area contributed by atoms with Crippen molar-refractivity contribution in [1.82, 2.24) is 25.5 Å². The number of halogens is 2. The van der Waals surface area contributed by atoms with Crippen LogP contribution in [0.25, 0.3) is 11.4 Å². The molecule has 6 nitrogen and oxygen atoms in total. The first-order valence-electron chi connectivity index (χ1n) is 7.60. The van der Waals surface area contributed by atoms with E-state index in [-0.39, 0.29) is 24.3 Å². The van der Waals surface area contributed by atoms with Gasteiger partial charge in [-0.25, -0.2) is 4.39 Å². The Bertz CT molecular complexity index is 881. The van der Waals surface area contributed by atoms with Crippen molar-refractivity contribution in [2.45, 2.75) is 19.5 Å². The molecule has 0 unspecified atom stereocenters. The van der Waals surface area contributed by atoms with Gasteiger partial charge in [0.2, 0.25) is 11.7 Å². The number of carbonyl (C=O) groups excluding carboxylic acids is 1. The predicted octanol–water partition coefficient (Wildman–Crippen LogP) is 3.01. The molecule has 0 radical (unpaired) electrons. The molecule has 1 heterocycles. The lowest BCUT2D eigenvalue weighted by Gasteiger charge is -2.14. The second-order valence-corrected chi connectivity index (χ2v) is 5.93. The van der Waals surface area contributed by atoms with Gasteiger partial charge in [-0.1, -0.05) is 23.7 Å². The summed E-state index contributed by atoms with van der Waals surface area (Å²) in [7, 11) is 0. The number of aromatic nitrogens is 4. The van der Waals surface area contributed by atoms with Crippen LogP contribution in [0.15, 0.2) is 48.5 Å². The van der Waals surface area contributed by atoms with Crippen molar-refractivity contribution in [3.05, 3.63) is 64.9 Å². The van der Waals surface area contributed by atoms with E-state index in [0.29, 0.717) is 16.4 Å². The Kier molecular flexibility index (Phi) is 5.04. The lowest BCUT2D eigenvalue weighted by molar-refractivity contribution is -0.122. The molecule has 25 heavy (non-hydrogen) atoms. The first-order chi connectivity index (χ1) is 12.0. The van der Waals surface area contributed by atoms with E-state index < -0.39 is 0 Å². The molecule has 0 spiro atoms. The maximum atomic E-state index is 12.9. The molecule has 2 aromatic carbocycles. The van der Waals surface area contributed by atoms with Crippen LogP contribution in [0.5, 0.6) is 0 Å². The Morgan fingerprint density at radius 3 is 2.76 bits per heavy atom. The van der Waals surface area contributed by atoms with Gasteiger partial charge in [0, 0.05) is 10.6 Å². The van der Waals surface area contributed by atoms with Gasteiger partial charge in [-0.3, -0.25) is 4.79 Å². The zero-order valence-electron chi connectivity index (χ0n) is 13.4. The van der Waals surface area contributed by atoms with Gasteiger partial charge < -0.3 is 5.32 Å². The summed E-state index contributed by atoms with van der Waals surface area (Å²) in [5.41, 5.74) is 1.53. The van der Waals surface area contributed by atoms with Crippen molar-refractivity contribution >= 4 is 17.5 Å². The number of benzene rings is 2. The highest BCUT2D eigenvalue weighted by Gasteiger charge is 2.13. The summed E-state index contributed by atoms with van der Waals surface area (Å²) in [5.74, 6) is -0.267. The molecule has 128 valence electrons. The third-order valence-electron chi connectivity index (χ3n) is 3.57. The lowest BCUT2D eigenvalue weighted by atomic mass is 10.1. The van der Waals surface area contributed by atoms with Crippen molar-refractivity contribution in [3.63, 3.8) is 0 Å². The van der Waals surface area contributed by atoms with Crippen LogP contribution in [-0.2, 0) is 11.3 Å². The van der Waals surface area contributed by atoms with Gasteiger partial charge in [0.1, 0.15) is 12.4 Å². The minimum absolute atomic E-state index is 0.0703. The van der Waals surface area contributed by atoms with Crippen LogP contribution in [0.2, 0.25) is 5.02 Å². The number of carbonyl (C=O) groups is 1. The Morgan fingerprint density at radius 1 is 1.28 bits per heavy atom. The highest BCUT2D eigenvalue weighted by molar-refractivity contribution is 6.30.